The van der Waals surface area contributed by atoms with Gasteiger partial charge in [0, 0.05) is 31.7 Å². The van der Waals surface area contributed by atoms with Crippen molar-refractivity contribution < 1.29 is 14.3 Å². The van der Waals surface area contributed by atoms with Crippen molar-refractivity contribution in [3.05, 3.63) is 0 Å². The van der Waals surface area contributed by atoms with Crippen molar-refractivity contribution >= 4 is 5.78 Å². The van der Waals surface area contributed by atoms with E-state index in [1.807, 2.05) is 0 Å². The molecule has 0 aromatic heterocycles. The summed E-state index contributed by atoms with van der Waals surface area (Å²) in [6.45, 7) is 2.33. The highest BCUT2D eigenvalue weighted by Crippen LogP contribution is 2.43. The van der Waals surface area contributed by atoms with Crippen LogP contribution in [0.15, 0.2) is 0 Å². The number of carbonyl (C=O) groups is 1. The molecule has 1 unspecified atom stereocenters. The summed E-state index contributed by atoms with van der Waals surface area (Å²) < 4.78 is 11.4. The lowest BCUT2D eigenvalue weighted by Gasteiger charge is -2.39. The minimum atomic E-state index is 0.0732. The Labute approximate surface area is 109 Å². The van der Waals surface area contributed by atoms with Gasteiger partial charge in [-0.15, -0.1) is 0 Å². The van der Waals surface area contributed by atoms with E-state index in [9.17, 15) is 4.79 Å². The summed E-state index contributed by atoms with van der Waals surface area (Å²) in [6, 6.07) is 0. The zero-order chi connectivity index (χ0) is 12.4. The largest absolute Gasteiger partial charge is 0.381 e. The summed E-state index contributed by atoms with van der Waals surface area (Å²) in [6.07, 6.45) is 8.69. The molecule has 3 fully saturated rings. The molecule has 2 heterocycles. The zero-order valence-electron chi connectivity index (χ0n) is 11.2. The van der Waals surface area contributed by atoms with Crippen molar-refractivity contribution in [2.45, 2.75) is 57.0 Å². The van der Waals surface area contributed by atoms with Gasteiger partial charge >= 0.3 is 0 Å². The molecule has 1 aliphatic carbocycles. The third-order valence-corrected chi connectivity index (χ3v) is 5.03. The molecule has 1 atom stereocenters. The maximum absolute atomic E-state index is 12.6. The summed E-state index contributed by atoms with van der Waals surface area (Å²) in [4.78, 5) is 12.6. The number of ketones is 1. The third-order valence-electron chi connectivity index (χ3n) is 5.03. The lowest BCUT2D eigenvalue weighted by Crippen LogP contribution is -2.42. The fraction of sp³-hybridized carbons (Fsp3) is 0.933. The molecule has 0 radical (unpaired) electrons. The first-order valence-corrected chi connectivity index (χ1v) is 7.55. The first kappa shape index (κ1) is 12.6. The van der Waals surface area contributed by atoms with Gasteiger partial charge in [-0.05, 0) is 38.5 Å². The highest BCUT2D eigenvalue weighted by atomic mass is 16.5. The van der Waals surface area contributed by atoms with Gasteiger partial charge in [0.2, 0.25) is 0 Å². The standard InChI is InChI=1S/C15H24O3/c16-14(12-3-8-17-9-4-12)13-5-10-18-15(11-13)6-1-2-7-15/h12-13H,1-11H2. The molecule has 3 aliphatic rings. The smallest absolute Gasteiger partial charge is 0.139 e. The van der Waals surface area contributed by atoms with E-state index in [1.54, 1.807) is 0 Å². The Morgan fingerprint density at radius 3 is 2.33 bits per heavy atom. The van der Waals surface area contributed by atoms with Gasteiger partial charge in [0.05, 0.1) is 5.60 Å². The molecule has 3 heteroatoms. The highest BCUT2D eigenvalue weighted by Gasteiger charge is 2.43. The maximum atomic E-state index is 12.6. The maximum Gasteiger partial charge on any atom is 0.139 e. The lowest BCUT2D eigenvalue weighted by atomic mass is 9.77. The minimum Gasteiger partial charge on any atom is -0.381 e. The Kier molecular flexibility index (Phi) is 3.71. The van der Waals surface area contributed by atoms with Gasteiger partial charge in [-0.25, -0.2) is 0 Å². The molecule has 18 heavy (non-hydrogen) atoms. The first-order valence-electron chi connectivity index (χ1n) is 7.55. The molecule has 0 amide bonds. The van der Waals surface area contributed by atoms with Crippen LogP contribution in [0.25, 0.3) is 0 Å². The number of hydrogen-bond acceptors (Lipinski definition) is 3. The van der Waals surface area contributed by atoms with Gasteiger partial charge in [-0.1, -0.05) is 12.8 Å². The molecule has 3 nitrogen and oxygen atoms in total. The fourth-order valence-corrected chi connectivity index (χ4v) is 3.95. The van der Waals surface area contributed by atoms with Crippen molar-refractivity contribution in [2.24, 2.45) is 11.8 Å². The van der Waals surface area contributed by atoms with E-state index in [-0.39, 0.29) is 17.4 Å². The van der Waals surface area contributed by atoms with Gasteiger partial charge in [0.1, 0.15) is 5.78 Å². The quantitative estimate of drug-likeness (QED) is 0.758. The van der Waals surface area contributed by atoms with E-state index in [4.69, 9.17) is 9.47 Å². The molecule has 102 valence electrons. The van der Waals surface area contributed by atoms with Gasteiger partial charge in [0.15, 0.2) is 0 Å². The van der Waals surface area contributed by atoms with E-state index in [0.717, 1.165) is 45.5 Å². The van der Waals surface area contributed by atoms with Crippen molar-refractivity contribution in [2.75, 3.05) is 19.8 Å². The molecule has 0 N–H and O–H groups in total. The molecule has 3 rings (SSSR count). The predicted octanol–water partition coefficient (Wildman–Crippen LogP) is 2.72. The van der Waals surface area contributed by atoms with Crippen LogP contribution in [0, 0.1) is 11.8 Å². The summed E-state index contributed by atoms with van der Waals surface area (Å²) in [7, 11) is 0. The topological polar surface area (TPSA) is 35.5 Å². The molecule has 0 aromatic rings. The van der Waals surface area contributed by atoms with Crippen molar-refractivity contribution in [1.29, 1.82) is 0 Å². The second-order valence-corrected chi connectivity index (χ2v) is 6.22. The average molecular weight is 252 g/mol. The highest BCUT2D eigenvalue weighted by molar-refractivity contribution is 5.83. The number of Topliss-reactive ketones (excluding diaryl/α,β-unsaturated/α-hetero) is 1. The Morgan fingerprint density at radius 1 is 0.944 bits per heavy atom. The van der Waals surface area contributed by atoms with Crippen LogP contribution in [0.2, 0.25) is 0 Å². The number of carbonyl (C=O) groups excluding carboxylic acids is 1. The number of ether oxygens (including phenoxy) is 2. The van der Waals surface area contributed by atoms with Crippen molar-refractivity contribution in [1.82, 2.24) is 0 Å². The van der Waals surface area contributed by atoms with E-state index >= 15 is 0 Å². The zero-order valence-corrected chi connectivity index (χ0v) is 11.2. The Balaban J connectivity index is 1.62. The Morgan fingerprint density at radius 2 is 1.61 bits per heavy atom. The molecule has 0 bridgehead atoms. The molecular weight excluding hydrogens is 228 g/mol. The molecule has 1 spiro atoms. The monoisotopic (exact) mass is 252 g/mol. The summed E-state index contributed by atoms with van der Waals surface area (Å²) >= 11 is 0. The van der Waals surface area contributed by atoms with Crippen LogP contribution in [0.1, 0.15) is 51.4 Å². The number of hydrogen-bond donors (Lipinski definition) is 0. The Hall–Kier alpha value is -0.410. The Bertz CT molecular complexity index is 301. The van der Waals surface area contributed by atoms with Crippen LogP contribution in [0.5, 0.6) is 0 Å². The van der Waals surface area contributed by atoms with Crippen molar-refractivity contribution in [3.8, 4) is 0 Å². The van der Waals surface area contributed by atoms with Crippen LogP contribution in [-0.4, -0.2) is 31.2 Å². The molecule has 2 aliphatic heterocycles. The van der Waals surface area contributed by atoms with Crippen LogP contribution in [0.4, 0.5) is 0 Å². The molecular formula is C15H24O3. The summed E-state index contributed by atoms with van der Waals surface area (Å²) in [5.41, 5.74) is 0.0732. The van der Waals surface area contributed by atoms with Gasteiger partial charge in [-0.2, -0.15) is 0 Å². The van der Waals surface area contributed by atoms with E-state index in [1.165, 1.54) is 25.7 Å². The van der Waals surface area contributed by atoms with Gasteiger partial charge < -0.3 is 9.47 Å². The van der Waals surface area contributed by atoms with Gasteiger partial charge in [0.25, 0.3) is 0 Å². The number of rotatable bonds is 2. The van der Waals surface area contributed by atoms with E-state index in [2.05, 4.69) is 0 Å². The van der Waals surface area contributed by atoms with Crippen LogP contribution in [-0.2, 0) is 14.3 Å². The molecule has 1 saturated carbocycles. The van der Waals surface area contributed by atoms with Crippen LogP contribution in [0.3, 0.4) is 0 Å². The van der Waals surface area contributed by atoms with Crippen LogP contribution >= 0.6 is 0 Å². The minimum absolute atomic E-state index is 0.0732. The second-order valence-electron chi connectivity index (χ2n) is 6.22. The summed E-state index contributed by atoms with van der Waals surface area (Å²) in [5, 5.41) is 0. The first-order chi connectivity index (χ1) is 8.79. The molecule has 2 saturated heterocycles. The fourth-order valence-electron chi connectivity index (χ4n) is 3.95. The second kappa shape index (κ2) is 5.30. The lowest BCUT2D eigenvalue weighted by molar-refractivity contribution is -0.142. The average Bonchev–Trinajstić information content (AvgIpc) is 2.87. The normalized spacial score (nSPS) is 32.8. The van der Waals surface area contributed by atoms with E-state index in [0.29, 0.717) is 5.78 Å². The SMILES string of the molecule is O=C(C1CCOCC1)C1CCOC2(CCCC2)C1. The van der Waals surface area contributed by atoms with Gasteiger partial charge in [-0.3, -0.25) is 4.79 Å². The van der Waals surface area contributed by atoms with E-state index < -0.39 is 0 Å². The molecule has 0 aromatic carbocycles. The summed E-state index contributed by atoms with van der Waals surface area (Å²) in [5.74, 6) is 1.04. The third kappa shape index (κ3) is 2.48. The van der Waals surface area contributed by atoms with Crippen LogP contribution < -0.4 is 0 Å². The predicted molar refractivity (Wildman–Crippen MR) is 68.4 cm³/mol. The van der Waals surface area contributed by atoms with Crippen molar-refractivity contribution in [3.63, 3.8) is 0 Å².